The van der Waals surface area contributed by atoms with Gasteiger partial charge in [0, 0.05) is 5.56 Å². The third-order valence-corrected chi connectivity index (χ3v) is 5.01. The van der Waals surface area contributed by atoms with Crippen molar-refractivity contribution >= 4 is 22.6 Å². The molecule has 0 saturated carbocycles. The SMILES string of the molecule is C/C=C(/CCCCC)c1ccc(-c2cc(C=O)c3ccccc3c2)cc1. The van der Waals surface area contributed by atoms with E-state index in [0.29, 0.717) is 0 Å². The predicted molar refractivity (Wildman–Crippen MR) is 113 cm³/mol. The highest BCUT2D eigenvalue weighted by molar-refractivity contribution is 6.00. The van der Waals surface area contributed by atoms with Crippen LogP contribution < -0.4 is 0 Å². The summed E-state index contributed by atoms with van der Waals surface area (Å²) in [5, 5.41) is 2.11. The third kappa shape index (κ3) is 3.94. The average molecular weight is 342 g/mol. The van der Waals surface area contributed by atoms with Crippen molar-refractivity contribution < 1.29 is 4.79 Å². The van der Waals surface area contributed by atoms with Gasteiger partial charge in [0.15, 0.2) is 6.29 Å². The lowest BCUT2D eigenvalue weighted by Gasteiger charge is -2.10. The number of hydrogen-bond donors (Lipinski definition) is 0. The average Bonchev–Trinajstić information content (AvgIpc) is 2.70. The zero-order valence-corrected chi connectivity index (χ0v) is 15.7. The molecule has 0 aliphatic heterocycles. The van der Waals surface area contributed by atoms with E-state index < -0.39 is 0 Å². The van der Waals surface area contributed by atoms with Crippen molar-refractivity contribution in [3.8, 4) is 11.1 Å². The normalized spacial score (nSPS) is 11.7. The lowest BCUT2D eigenvalue weighted by atomic mass is 9.94. The fourth-order valence-corrected chi connectivity index (χ4v) is 3.50. The smallest absolute Gasteiger partial charge is 0.150 e. The Morgan fingerprint density at radius 1 is 0.923 bits per heavy atom. The number of fused-ring (bicyclic) bond motifs is 1. The maximum Gasteiger partial charge on any atom is 0.150 e. The maximum absolute atomic E-state index is 11.5. The molecule has 1 heteroatoms. The van der Waals surface area contributed by atoms with Crippen molar-refractivity contribution in [2.24, 2.45) is 0 Å². The number of hydrogen-bond acceptors (Lipinski definition) is 1. The topological polar surface area (TPSA) is 17.1 Å². The monoisotopic (exact) mass is 342 g/mol. The van der Waals surface area contributed by atoms with Crippen LogP contribution in [0.3, 0.4) is 0 Å². The van der Waals surface area contributed by atoms with Gasteiger partial charge in [-0.1, -0.05) is 74.4 Å². The summed E-state index contributed by atoms with van der Waals surface area (Å²) in [6, 6.07) is 20.9. The summed E-state index contributed by atoms with van der Waals surface area (Å²) in [6.07, 6.45) is 8.08. The molecule has 0 aromatic heterocycles. The van der Waals surface area contributed by atoms with Crippen LogP contribution in [0, 0.1) is 0 Å². The number of carbonyl (C=O) groups excluding carboxylic acids is 1. The van der Waals surface area contributed by atoms with Gasteiger partial charge in [0.2, 0.25) is 0 Å². The van der Waals surface area contributed by atoms with E-state index in [4.69, 9.17) is 0 Å². The van der Waals surface area contributed by atoms with Crippen LogP contribution in [0.25, 0.3) is 27.5 Å². The molecule has 0 heterocycles. The Morgan fingerprint density at radius 2 is 1.69 bits per heavy atom. The third-order valence-electron chi connectivity index (χ3n) is 5.01. The van der Waals surface area contributed by atoms with E-state index in [1.807, 2.05) is 24.3 Å². The van der Waals surface area contributed by atoms with Crippen LogP contribution in [0.1, 0.15) is 55.5 Å². The van der Waals surface area contributed by atoms with E-state index in [9.17, 15) is 4.79 Å². The Morgan fingerprint density at radius 3 is 2.38 bits per heavy atom. The molecule has 0 fully saturated rings. The number of rotatable bonds is 7. The van der Waals surface area contributed by atoms with E-state index in [2.05, 4.69) is 56.3 Å². The van der Waals surface area contributed by atoms with Gasteiger partial charge in [0.1, 0.15) is 0 Å². The van der Waals surface area contributed by atoms with Crippen LogP contribution in [-0.4, -0.2) is 6.29 Å². The predicted octanol–water partition coefficient (Wildman–Crippen LogP) is 7.30. The fraction of sp³-hybridized carbons (Fsp3) is 0.240. The Kier molecular flexibility index (Phi) is 6.01. The van der Waals surface area contributed by atoms with Gasteiger partial charge in [-0.05, 0) is 64.9 Å². The second-order valence-electron chi connectivity index (χ2n) is 6.75. The number of benzene rings is 3. The summed E-state index contributed by atoms with van der Waals surface area (Å²) in [7, 11) is 0. The molecular weight excluding hydrogens is 316 g/mol. The standard InChI is InChI=1S/C25H26O/c1-3-5-6-9-19(4-2)20-12-14-21(15-13-20)23-16-22-10-7-8-11-25(22)24(17-23)18-26/h4,7-8,10-18H,3,5-6,9H2,1-2H3/b19-4-. The molecule has 0 radical (unpaired) electrons. The number of aldehydes is 1. The van der Waals surface area contributed by atoms with Crippen LogP contribution in [0.5, 0.6) is 0 Å². The minimum Gasteiger partial charge on any atom is -0.298 e. The van der Waals surface area contributed by atoms with Crippen LogP contribution in [0.15, 0.2) is 66.7 Å². The van der Waals surface area contributed by atoms with E-state index in [1.54, 1.807) is 0 Å². The second-order valence-corrected chi connectivity index (χ2v) is 6.75. The summed E-state index contributed by atoms with van der Waals surface area (Å²) in [6.45, 7) is 4.36. The van der Waals surface area contributed by atoms with Gasteiger partial charge in [-0.25, -0.2) is 0 Å². The van der Waals surface area contributed by atoms with E-state index >= 15 is 0 Å². The Bertz CT molecular complexity index is 917. The molecule has 132 valence electrons. The summed E-state index contributed by atoms with van der Waals surface area (Å²) < 4.78 is 0. The van der Waals surface area contributed by atoms with E-state index in [-0.39, 0.29) is 0 Å². The zero-order chi connectivity index (χ0) is 18.4. The molecule has 26 heavy (non-hydrogen) atoms. The molecule has 0 amide bonds. The van der Waals surface area contributed by atoms with Crippen molar-refractivity contribution in [1.82, 2.24) is 0 Å². The minimum atomic E-state index is 0.746. The van der Waals surface area contributed by atoms with Crippen molar-refractivity contribution in [2.45, 2.75) is 39.5 Å². The zero-order valence-electron chi connectivity index (χ0n) is 15.7. The number of allylic oxidation sites excluding steroid dienone is 2. The Hall–Kier alpha value is -2.67. The molecule has 0 spiro atoms. The molecule has 0 atom stereocenters. The number of unbranched alkanes of at least 4 members (excludes halogenated alkanes) is 2. The second kappa shape index (κ2) is 8.62. The van der Waals surface area contributed by atoms with Gasteiger partial charge >= 0.3 is 0 Å². The molecular formula is C25H26O. The first-order valence-corrected chi connectivity index (χ1v) is 9.50. The van der Waals surface area contributed by atoms with E-state index in [0.717, 1.165) is 40.2 Å². The van der Waals surface area contributed by atoms with Crippen LogP contribution >= 0.6 is 0 Å². The van der Waals surface area contributed by atoms with Gasteiger partial charge < -0.3 is 0 Å². The van der Waals surface area contributed by atoms with Gasteiger partial charge in [0.25, 0.3) is 0 Å². The van der Waals surface area contributed by atoms with Crippen LogP contribution in [-0.2, 0) is 0 Å². The molecule has 0 unspecified atom stereocenters. The quantitative estimate of drug-likeness (QED) is 0.325. The fourth-order valence-electron chi connectivity index (χ4n) is 3.50. The van der Waals surface area contributed by atoms with Gasteiger partial charge in [-0.3, -0.25) is 4.79 Å². The lowest BCUT2D eigenvalue weighted by molar-refractivity contribution is 0.112. The molecule has 0 aliphatic rings. The van der Waals surface area contributed by atoms with Crippen molar-refractivity contribution in [2.75, 3.05) is 0 Å². The molecule has 1 nitrogen and oxygen atoms in total. The van der Waals surface area contributed by atoms with E-state index in [1.165, 1.54) is 30.4 Å². The highest BCUT2D eigenvalue weighted by atomic mass is 16.1. The molecule has 0 saturated heterocycles. The van der Waals surface area contributed by atoms with Crippen molar-refractivity contribution in [1.29, 1.82) is 0 Å². The first-order chi connectivity index (χ1) is 12.8. The summed E-state index contributed by atoms with van der Waals surface area (Å²) in [5.41, 5.74) is 5.69. The van der Waals surface area contributed by atoms with Gasteiger partial charge in [0.05, 0.1) is 0 Å². The maximum atomic E-state index is 11.5. The summed E-state index contributed by atoms with van der Waals surface area (Å²) in [5.74, 6) is 0. The molecule has 0 bridgehead atoms. The molecule has 3 aromatic carbocycles. The largest absolute Gasteiger partial charge is 0.298 e. The summed E-state index contributed by atoms with van der Waals surface area (Å²) >= 11 is 0. The van der Waals surface area contributed by atoms with Crippen molar-refractivity contribution in [3.05, 3.63) is 77.9 Å². The van der Waals surface area contributed by atoms with Crippen LogP contribution in [0.4, 0.5) is 0 Å². The summed E-state index contributed by atoms with van der Waals surface area (Å²) in [4.78, 5) is 11.5. The number of carbonyl (C=O) groups is 1. The first-order valence-electron chi connectivity index (χ1n) is 9.50. The van der Waals surface area contributed by atoms with Gasteiger partial charge in [-0.2, -0.15) is 0 Å². The molecule has 0 N–H and O–H groups in total. The van der Waals surface area contributed by atoms with Crippen LogP contribution in [0.2, 0.25) is 0 Å². The Balaban J connectivity index is 1.91. The van der Waals surface area contributed by atoms with Gasteiger partial charge in [-0.15, -0.1) is 0 Å². The molecule has 3 rings (SSSR count). The minimum absolute atomic E-state index is 0.746. The molecule has 3 aromatic rings. The lowest BCUT2D eigenvalue weighted by Crippen LogP contribution is -1.89. The highest BCUT2D eigenvalue weighted by Gasteiger charge is 2.06. The first kappa shape index (κ1) is 18.1. The highest BCUT2D eigenvalue weighted by Crippen LogP contribution is 2.29. The van der Waals surface area contributed by atoms with Crippen molar-refractivity contribution in [3.63, 3.8) is 0 Å². The molecule has 0 aliphatic carbocycles. The Labute approximate surface area is 156 Å².